The van der Waals surface area contributed by atoms with E-state index in [1.165, 1.54) is 0 Å². The third kappa shape index (κ3) is 2.62. The number of nitriles is 1. The van der Waals surface area contributed by atoms with Gasteiger partial charge in [0.2, 0.25) is 5.88 Å². The van der Waals surface area contributed by atoms with E-state index in [1.807, 2.05) is 43.3 Å². The highest BCUT2D eigenvalue weighted by Crippen LogP contribution is 2.35. The summed E-state index contributed by atoms with van der Waals surface area (Å²) >= 11 is 0. The van der Waals surface area contributed by atoms with E-state index in [9.17, 15) is 5.26 Å². The number of anilines is 1. The zero-order chi connectivity index (χ0) is 18.1. The van der Waals surface area contributed by atoms with Crippen molar-refractivity contribution in [1.82, 2.24) is 14.4 Å². The summed E-state index contributed by atoms with van der Waals surface area (Å²) in [7, 11) is 0. The van der Waals surface area contributed by atoms with Crippen LogP contribution in [0.4, 0.5) is 5.82 Å². The molecule has 0 atom stereocenters. The lowest BCUT2D eigenvalue weighted by atomic mass is 10.0. The second-order valence-corrected chi connectivity index (χ2v) is 5.83. The van der Waals surface area contributed by atoms with Crippen LogP contribution in [0.5, 0.6) is 11.6 Å². The first kappa shape index (κ1) is 15.7. The van der Waals surface area contributed by atoms with Crippen LogP contribution in [0.15, 0.2) is 61.1 Å². The maximum Gasteiger partial charge on any atom is 0.219 e. The number of hydrogen-bond acceptors (Lipinski definition) is 5. The summed E-state index contributed by atoms with van der Waals surface area (Å²) < 4.78 is 7.49. The quantitative estimate of drug-likeness (QED) is 0.609. The lowest BCUT2D eigenvalue weighted by Crippen LogP contribution is -1.94. The smallest absolute Gasteiger partial charge is 0.219 e. The Balaban J connectivity index is 1.73. The van der Waals surface area contributed by atoms with Gasteiger partial charge in [-0.2, -0.15) is 5.26 Å². The third-order valence-electron chi connectivity index (χ3n) is 4.12. The molecule has 0 saturated heterocycles. The first-order valence-electron chi connectivity index (χ1n) is 8.03. The molecule has 0 aliphatic carbocycles. The van der Waals surface area contributed by atoms with Gasteiger partial charge in [0.25, 0.3) is 0 Å². The highest BCUT2D eigenvalue weighted by atomic mass is 16.5. The lowest BCUT2D eigenvalue weighted by molar-refractivity contribution is 0.462. The molecule has 0 saturated carbocycles. The molecule has 0 fully saturated rings. The molecule has 0 unspecified atom stereocenters. The molecule has 126 valence electrons. The number of rotatable bonds is 3. The monoisotopic (exact) mass is 341 g/mol. The molecule has 26 heavy (non-hydrogen) atoms. The molecule has 3 aromatic heterocycles. The van der Waals surface area contributed by atoms with Gasteiger partial charge in [-0.05, 0) is 36.8 Å². The van der Waals surface area contributed by atoms with Gasteiger partial charge in [-0.1, -0.05) is 18.2 Å². The standard InChI is InChI=1S/C20H15N5O/c1-13-3-2-4-18(24-13)26-15-7-5-14(6-8-15)19-16(11-21)17-9-10-23-12-25(17)20(19)22/h2-10,12H,22H2,1H3. The van der Waals surface area contributed by atoms with Crippen LogP contribution in [0.3, 0.4) is 0 Å². The van der Waals surface area contributed by atoms with Crippen molar-refractivity contribution in [3.05, 3.63) is 72.3 Å². The summed E-state index contributed by atoms with van der Waals surface area (Å²) in [6, 6.07) is 17.1. The summed E-state index contributed by atoms with van der Waals surface area (Å²) in [5, 5.41) is 9.59. The number of benzene rings is 1. The van der Waals surface area contributed by atoms with Gasteiger partial charge >= 0.3 is 0 Å². The largest absolute Gasteiger partial charge is 0.439 e. The minimum atomic E-state index is 0.485. The van der Waals surface area contributed by atoms with Crippen LogP contribution >= 0.6 is 0 Å². The van der Waals surface area contributed by atoms with Gasteiger partial charge in [0, 0.05) is 23.5 Å². The summed E-state index contributed by atoms with van der Waals surface area (Å²) in [5.41, 5.74) is 9.94. The molecule has 3 heterocycles. The van der Waals surface area contributed by atoms with E-state index in [0.29, 0.717) is 28.6 Å². The zero-order valence-electron chi connectivity index (χ0n) is 14.0. The van der Waals surface area contributed by atoms with Crippen LogP contribution in [-0.4, -0.2) is 14.4 Å². The van der Waals surface area contributed by atoms with Crippen LogP contribution in [0.2, 0.25) is 0 Å². The molecule has 4 rings (SSSR count). The van der Waals surface area contributed by atoms with Gasteiger partial charge in [-0.3, -0.25) is 4.40 Å². The molecular weight excluding hydrogens is 326 g/mol. The SMILES string of the molecule is Cc1cccc(Oc2ccc(-c3c(C#N)c4ccncn4c3N)cc2)n1. The van der Waals surface area contributed by atoms with E-state index in [2.05, 4.69) is 16.0 Å². The van der Waals surface area contributed by atoms with E-state index < -0.39 is 0 Å². The maximum absolute atomic E-state index is 9.59. The Kier molecular flexibility index (Phi) is 3.75. The summed E-state index contributed by atoms with van der Waals surface area (Å²) in [5.74, 6) is 1.68. The summed E-state index contributed by atoms with van der Waals surface area (Å²) in [6.45, 7) is 1.91. The molecule has 2 N–H and O–H groups in total. The predicted molar refractivity (Wildman–Crippen MR) is 98.8 cm³/mol. The van der Waals surface area contributed by atoms with Crippen molar-refractivity contribution in [1.29, 1.82) is 5.26 Å². The molecule has 6 heteroatoms. The van der Waals surface area contributed by atoms with Crippen molar-refractivity contribution in [2.75, 3.05) is 5.73 Å². The fourth-order valence-corrected chi connectivity index (χ4v) is 2.92. The Morgan fingerprint density at radius 2 is 1.92 bits per heavy atom. The Labute approximate surface area is 150 Å². The maximum atomic E-state index is 9.59. The van der Waals surface area contributed by atoms with Gasteiger partial charge in [0.15, 0.2) is 0 Å². The molecule has 0 aliphatic heterocycles. The van der Waals surface area contributed by atoms with Crippen molar-refractivity contribution in [2.24, 2.45) is 0 Å². The number of hydrogen-bond donors (Lipinski definition) is 1. The number of aryl methyl sites for hydroxylation is 1. The minimum Gasteiger partial charge on any atom is -0.439 e. The first-order valence-corrected chi connectivity index (χ1v) is 8.03. The average molecular weight is 341 g/mol. The number of aromatic nitrogens is 3. The summed E-state index contributed by atoms with van der Waals surface area (Å²) in [6.07, 6.45) is 3.25. The molecule has 4 aromatic rings. The number of nitrogens with two attached hydrogens (primary N) is 1. The number of pyridine rings is 1. The van der Waals surface area contributed by atoms with Crippen LogP contribution in [-0.2, 0) is 0 Å². The van der Waals surface area contributed by atoms with Gasteiger partial charge in [-0.15, -0.1) is 0 Å². The Bertz CT molecular complexity index is 1140. The van der Waals surface area contributed by atoms with Crippen LogP contribution in [0.1, 0.15) is 11.3 Å². The van der Waals surface area contributed by atoms with Crippen molar-refractivity contribution in [3.8, 4) is 28.8 Å². The molecule has 0 bridgehead atoms. The van der Waals surface area contributed by atoms with Crippen molar-refractivity contribution in [2.45, 2.75) is 6.92 Å². The topological polar surface area (TPSA) is 89.2 Å². The lowest BCUT2D eigenvalue weighted by Gasteiger charge is -2.07. The van der Waals surface area contributed by atoms with Crippen LogP contribution in [0.25, 0.3) is 16.6 Å². The minimum absolute atomic E-state index is 0.485. The van der Waals surface area contributed by atoms with Gasteiger partial charge in [-0.25, -0.2) is 9.97 Å². The third-order valence-corrected chi connectivity index (χ3v) is 4.12. The number of nitrogen functional groups attached to an aromatic ring is 1. The molecule has 6 nitrogen and oxygen atoms in total. The normalized spacial score (nSPS) is 10.6. The van der Waals surface area contributed by atoms with Crippen molar-refractivity contribution in [3.63, 3.8) is 0 Å². The number of nitrogens with zero attached hydrogens (tertiary/aromatic N) is 4. The second kappa shape index (κ2) is 6.22. The number of ether oxygens (including phenoxy) is 1. The van der Waals surface area contributed by atoms with E-state index in [1.54, 1.807) is 29.1 Å². The summed E-state index contributed by atoms with van der Waals surface area (Å²) in [4.78, 5) is 8.39. The van der Waals surface area contributed by atoms with Crippen LogP contribution in [0, 0.1) is 18.3 Å². The van der Waals surface area contributed by atoms with E-state index in [-0.39, 0.29) is 0 Å². The molecule has 0 aliphatic rings. The Morgan fingerprint density at radius 1 is 1.12 bits per heavy atom. The molecule has 0 spiro atoms. The predicted octanol–water partition coefficient (Wildman–Crippen LogP) is 3.95. The van der Waals surface area contributed by atoms with E-state index >= 15 is 0 Å². The van der Waals surface area contributed by atoms with Gasteiger partial charge in [0.1, 0.15) is 24.0 Å². The molecule has 1 aromatic carbocycles. The fraction of sp³-hybridized carbons (Fsp3) is 0.0500. The Hall–Kier alpha value is -3.85. The van der Waals surface area contributed by atoms with Crippen molar-refractivity contribution < 1.29 is 4.74 Å². The van der Waals surface area contributed by atoms with Gasteiger partial charge < -0.3 is 10.5 Å². The highest BCUT2D eigenvalue weighted by molar-refractivity contribution is 5.89. The second-order valence-electron chi connectivity index (χ2n) is 5.83. The van der Waals surface area contributed by atoms with Gasteiger partial charge in [0.05, 0.1) is 11.1 Å². The van der Waals surface area contributed by atoms with Crippen LogP contribution < -0.4 is 10.5 Å². The zero-order valence-corrected chi connectivity index (χ0v) is 14.0. The molecular formula is C20H15N5O. The average Bonchev–Trinajstić information content (AvgIpc) is 2.95. The first-order chi connectivity index (χ1) is 12.7. The fourth-order valence-electron chi connectivity index (χ4n) is 2.92. The van der Waals surface area contributed by atoms with Crippen molar-refractivity contribution >= 4 is 11.3 Å². The van der Waals surface area contributed by atoms with E-state index in [4.69, 9.17) is 10.5 Å². The number of fused-ring (bicyclic) bond motifs is 1. The van der Waals surface area contributed by atoms with E-state index in [0.717, 1.165) is 16.8 Å². The molecule has 0 amide bonds. The highest BCUT2D eigenvalue weighted by Gasteiger charge is 2.17. The molecule has 0 radical (unpaired) electrons. The Morgan fingerprint density at radius 3 is 2.65 bits per heavy atom.